The van der Waals surface area contributed by atoms with Crippen LogP contribution in [0, 0.1) is 0 Å². The Morgan fingerprint density at radius 2 is 2.10 bits per heavy atom. The molecule has 0 amide bonds. The van der Waals surface area contributed by atoms with Gasteiger partial charge in [-0.15, -0.1) is 0 Å². The summed E-state index contributed by atoms with van der Waals surface area (Å²) in [6.07, 6.45) is 5.07. The zero-order valence-corrected chi connectivity index (χ0v) is 11.1. The monoisotopic (exact) mass is 268 g/mol. The molecule has 1 aliphatic carbocycles. The summed E-state index contributed by atoms with van der Waals surface area (Å²) in [6.45, 7) is 0.718. The molecule has 1 aromatic heterocycles. The van der Waals surface area contributed by atoms with Crippen LogP contribution in [-0.2, 0) is 16.9 Å². The second-order valence-corrected chi connectivity index (χ2v) is 5.49. The van der Waals surface area contributed by atoms with E-state index in [9.17, 15) is 0 Å². The first-order valence-electron chi connectivity index (χ1n) is 6.92. The summed E-state index contributed by atoms with van der Waals surface area (Å²) >= 11 is 0. The van der Waals surface area contributed by atoms with Crippen LogP contribution in [0.2, 0.25) is 0 Å². The average molecular weight is 268 g/mol. The fourth-order valence-electron chi connectivity index (χ4n) is 2.95. The third-order valence-corrected chi connectivity index (χ3v) is 4.22. The number of pyridine rings is 1. The fourth-order valence-corrected chi connectivity index (χ4v) is 2.95. The normalized spacial score (nSPS) is 18.6. The van der Waals surface area contributed by atoms with Crippen LogP contribution < -0.4 is 10.5 Å². The molecule has 102 valence electrons. The SMILES string of the molecule is Nc1ccc(Oc2ccc3c(c2)C2(CCC2)OC3)nc1. The Morgan fingerprint density at radius 3 is 2.80 bits per heavy atom. The Labute approximate surface area is 117 Å². The lowest BCUT2D eigenvalue weighted by molar-refractivity contribution is -0.0944. The van der Waals surface area contributed by atoms with Gasteiger partial charge in [0.25, 0.3) is 0 Å². The van der Waals surface area contributed by atoms with E-state index < -0.39 is 0 Å². The molecule has 1 spiro atoms. The topological polar surface area (TPSA) is 57.4 Å². The first kappa shape index (κ1) is 11.7. The zero-order valence-electron chi connectivity index (χ0n) is 11.1. The zero-order chi connectivity index (χ0) is 13.6. The number of nitrogens with two attached hydrogens (primary N) is 1. The van der Waals surface area contributed by atoms with Gasteiger partial charge in [0.15, 0.2) is 0 Å². The molecule has 4 rings (SSSR count). The summed E-state index contributed by atoms with van der Waals surface area (Å²) in [5.74, 6) is 1.36. The first-order chi connectivity index (χ1) is 9.75. The van der Waals surface area contributed by atoms with Gasteiger partial charge in [0, 0.05) is 6.07 Å². The highest BCUT2D eigenvalue weighted by molar-refractivity contribution is 5.44. The summed E-state index contributed by atoms with van der Waals surface area (Å²) in [5.41, 5.74) is 8.78. The van der Waals surface area contributed by atoms with Crippen molar-refractivity contribution in [1.82, 2.24) is 4.98 Å². The molecule has 1 aromatic carbocycles. The third-order valence-electron chi connectivity index (χ3n) is 4.22. The van der Waals surface area contributed by atoms with Gasteiger partial charge in [0.05, 0.1) is 24.1 Å². The third kappa shape index (κ3) is 1.76. The number of nitrogen functional groups attached to an aromatic ring is 1. The molecule has 1 fully saturated rings. The average Bonchev–Trinajstić information content (AvgIpc) is 2.80. The second kappa shape index (κ2) is 4.21. The van der Waals surface area contributed by atoms with Crippen LogP contribution in [0.3, 0.4) is 0 Å². The Kier molecular flexibility index (Phi) is 2.47. The molecule has 1 saturated carbocycles. The summed E-state index contributed by atoms with van der Waals surface area (Å²) in [4.78, 5) is 4.16. The number of rotatable bonds is 2. The molecule has 0 radical (unpaired) electrons. The van der Waals surface area contributed by atoms with Crippen molar-refractivity contribution in [2.24, 2.45) is 0 Å². The van der Waals surface area contributed by atoms with Crippen molar-refractivity contribution in [2.75, 3.05) is 5.73 Å². The molecule has 0 atom stereocenters. The number of anilines is 1. The highest BCUT2D eigenvalue weighted by Gasteiger charge is 2.45. The van der Waals surface area contributed by atoms with Crippen LogP contribution >= 0.6 is 0 Å². The number of benzene rings is 1. The van der Waals surface area contributed by atoms with Crippen molar-refractivity contribution in [3.8, 4) is 11.6 Å². The highest BCUT2D eigenvalue weighted by atomic mass is 16.5. The largest absolute Gasteiger partial charge is 0.439 e. The van der Waals surface area contributed by atoms with Crippen molar-refractivity contribution in [2.45, 2.75) is 31.5 Å². The molecule has 1 aliphatic heterocycles. The standard InChI is InChI=1S/C16H16N2O2/c17-12-3-5-15(18-9-12)20-13-4-2-11-10-19-16(6-1-7-16)14(11)8-13/h2-5,8-9H,1,6-7,10,17H2. The lowest BCUT2D eigenvalue weighted by Gasteiger charge is -2.38. The van der Waals surface area contributed by atoms with Gasteiger partial charge in [-0.25, -0.2) is 4.98 Å². The van der Waals surface area contributed by atoms with Gasteiger partial charge in [-0.05, 0) is 48.6 Å². The van der Waals surface area contributed by atoms with Gasteiger partial charge in [-0.3, -0.25) is 0 Å². The van der Waals surface area contributed by atoms with Crippen LogP contribution in [0.1, 0.15) is 30.4 Å². The van der Waals surface area contributed by atoms with E-state index in [2.05, 4.69) is 17.1 Å². The molecule has 0 unspecified atom stereocenters. The van der Waals surface area contributed by atoms with Crippen LogP contribution in [0.15, 0.2) is 36.5 Å². The van der Waals surface area contributed by atoms with Crippen molar-refractivity contribution in [1.29, 1.82) is 0 Å². The van der Waals surface area contributed by atoms with Gasteiger partial charge in [0.2, 0.25) is 5.88 Å². The van der Waals surface area contributed by atoms with Crippen LogP contribution in [-0.4, -0.2) is 4.98 Å². The van der Waals surface area contributed by atoms with Gasteiger partial charge in [-0.1, -0.05) is 6.07 Å². The lowest BCUT2D eigenvalue weighted by atomic mass is 9.75. The van der Waals surface area contributed by atoms with E-state index in [1.807, 2.05) is 6.07 Å². The maximum atomic E-state index is 5.98. The predicted octanol–water partition coefficient (Wildman–Crippen LogP) is 3.37. The number of hydrogen-bond donors (Lipinski definition) is 1. The summed E-state index contributed by atoms with van der Waals surface area (Å²) in [5, 5.41) is 0. The molecule has 0 saturated heterocycles. The minimum atomic E-state index is -0.0384. The first-order valence-corrected chi connectivity index (χ1v) is 6.92. The van der Waals surface area contributed by atoms with Crippen molar-refractivity contribution in [3.05, 3.63) is 47.7 Å². The van der Waals surface area contributed by atoms with E-state index in [1.165, 1.54) is 17.5 Å². The lowest BCUT2D eigenvalue weighted by Crippen LogP contribution is -2.33. The van der Waals surface area contributed by atoms with E-state index in [0.717, 1.165) is 25.2 Å². The van der Waals surface area contributed by atoms with Crippen molar-refractivity contribution >= 4 is 5.69 Å². The van der Waals surface area contributed by atoms with Gasteiger partial charge in [-0.2, -0.15) is 0 Å². The van der Waals surface area contributed by atoms with Crippen molar-refractivity contribution < 1.29 is 9.47 Å². The minimum Gasteiger partial charge on any atom is -0.439 e. The summed E-state index contributed by atoms with van der Waals surface area (Å²) < 4.78 is 11.8. The van der Waals surface area contributed by atoms with Gasteiger partial charge >= 0.3 is 0 Å². The molecule has 2 heterocycles. The van der Waals surface area contributed by atoms with E-state index in [1.54, 1.807) is 18.3 Å². The Hall–Kier alpha value is -2.07. The molecule has 0 bridgehead atoms. The molecule has 2 aliphatic rings. The maximum Gasteiger partial charge on any atom is 0.219 e. The van der Waals surface area contributed by atoms with Crippen LogP contribution in [0.4, 0.5) is 5.69 Å². The quantitative estimate of drug-likeness (QED) is 0.907. The number of ether oxygens (including phenoxy) is 2. The molecule has 4 heteroatoms. The Bertz CT molecular complexity index is 648. The predicted molar refractivity (Wildman–Crippen MR) is 75.5 cm³/mol. The van der Waals surface area contributed by atoms with E-state index >= 15 is 0 Å². The smallest absolute Gasteiger partial charge is 0.219 e. The highest BCUT2D eigenvalue weighted by Crippen LogP contribution is 2.51. The Balaban J connectivity index is 1.64. The maximum absolute atomic E-state index is 5.98. The molecular formula is C16H16N2O2. The summed E-state index contributed by atoms with van der Waals surface area (Å²) in [6, 6.07) is 9.72. The molecule has 4 nitrogen and oxygen atoms in total. The van der Waals surface area contributed by atoms with E-state index in [-0.39, 0.29) is 5.60 Å². The van der Waals surface area contributed by atoms with Gasteiger partial charge in [0.1, 0.15) is 5.75 Å². The molecule has 20 heavy (non-hydrogen) atoms. The minimum absolute atomic E-state index is 0.0384. The number of nitrogens with zero attached hydrogens (tertiary/aromatic N) is 1. The van der Waals surface area contributed by atoms with Gasteiger partial charge < -0.3 is 15.2 Å². The molecule has 2 N–H and O–H groups in total. The number of hydrogen-bond acceptors (Lipinski definition) is 4. The molecule has 2 aromatic rings. The second-order valence-electron chi connectivity index (χ2n) is 5.49. The Morgan fingerprint density at radius 1 is 1.20 bits per heavy atom. The van der Waals surface area contributed by atoms with Crippen LogP contribution in [0.25, 0.3) is 0 Å². The number of aromatic nitrogens is 1. The fraction of sp³-hybridized carbons (Fsp3) is 0.312. The van der Waals surface area contributed by atoms with E-state index in [0.29, 0.717) is 11.6 Å². The van der Waals surface area contributed by atoms with E-state index in [4.69, 9.17) is 15.2 Å². The van der Waals surface area contributed by atoms with Crippen LogP contribution in [0.5, 0.6) is 11.6 Å². The molecular weight excluding hydrogens is 252 g/mol. The summed E-state index contributed by atoms with van der Waals surface area (Å²) in [7, 11) is 0. The van der Waals surface area contributed by atoms with Crippen molar-refractivity contribution in [3.63, 3.8) is 0 Å². The number of fused-ring (bicyclic) bond motifs is 2.